The van der Waals surface area contributed by atoms with E-state index < -0.39 is 0 Å². The number of amides is 1. The Morgan fingerprint density at radius 3 is 2.74 bits per heavy atom. The van der Waals surface area contributed by atoms with Crippen molar-refractivity contribution < 1.29 is 9.53 Å². The summed E-state index contributed by atoms with van der Waals surface area (Å²) in [4.78, 5) is 16.5. The highest BCUT2D eigenvalue weighted by Crippen LogP contribution is 2.24. The summed E-state index contributed by atoms with van der Waals surface area (Å²) >= 11 is 0. The molecule has 1 fully saturated rings. The second-order valence-corrected chi connectivity index (χ2v) is 6.50. The molecule has 4 rings (SSSR count). The van der Waals surface area contributed by atoms with E-state index in [9.17, 15) is 4.79 Å². The van der Waals surface area contributed by atoms with Crippen LogP contribution in [0.2, 0.25) is 0 Å². The van der Waals surface area contributed by atoms with E-state index in [-0.39, 0.29) is 5.91 Å². The van der Waals surface area contributed by atoms with Crippen molar-refractivity contribution in [2.45, 2.75) is 6.54 Å². The number of aromatic amines is 1. The first-order valence-corrected chi connectivity index (χ1v) is 8.72. The van der Waals surface area contributed by atoms with Crippen LogP contribution in [0, 0.1) is 11.3 Å². The molecule has 1 aliphatic rings. The van der Waals surface area contributed by atoms with Crippen molar-refractivity contribution in [2.75, 3.05) is 31.6 Å². The number of hydrogen-bond donors (Lipinski definition) is 1. The highest BCUT2D eigenvalue weighted by molar-refractivity contribution is 5.95. The van der Waals surface area contributed by atoms with Gasteiger partial charge in [-0.2, -0.15) is 10.4 Å². The van der Waals surface area contributed by atoms with Gasteiger partial charge in [-0.15, -0.1) is 0 Å². The lowest BCUT2D eigenvalue weighted by Gasteiger charge is -2.34. The summed E-state index contributed by atoms with van der Waals surface area (Å²) in [6, 6.07) is 15.0. The zero-order chi connectivity index (χ0) is 18.8. The largest absolute Gasteiger partial charge is 0.497 e. The van der Waals surface area contributed by atoms with Gasteiger partial charge < -0.3 is 9.64 Å². The van der Waals surface area contributed by atoms with Gasteiger partial charge in [-0.05, 0) is 42.5 Å². The first-order valence-electron chi connectivity index (χ1n) is 8.72. The number of H-pyrrole nitrogens is 1. The minimum atomic E-state index is 0.0485. The third-order valence-electron chi connectivity index (χ3n) is 4.83. The predicted molar refractivity (Wildman–Crippen MR) is 101 cm³/mol. The molecule has 0 saturated carbocycles. The van der Waals surface area contributed by atoms with Gasteiger partial charge in [0, 0.05) is 30.7 Å². The minimum Gasteiger partial charge on any atom is -0.497 e. The lowest BCUT2D eigenvalue weighted by Crippen LogP contribution is -2.50. The maximum absolute atomic E-state index is 12.6. The number of rotatable bonds is 4. The molecular formula is C20H19N5O2. The first-order chi connectivity index (χ1) is 13.2. The van der Waals surface area contributed by atoms with Crippen LogP contribution in [0.5, 0.6) is 5.75 Å². The second-order valence-electron chi connectivity index (χ2n) is 6.50. The number of carbonyl (C=O) groups is 1. The van der Waals surface area contributed by atoms with Crippen molar-refractivity contribution in [3.63, 3.8) is 0 Å². The molecule has 1 aromatic heterocycles. The Balaban J connectivity index is 1.47. The number of piperazine rings is 1. The fourth-order valence-electron chi connectivity index (χ4n) is 3.36. The number of methoxy groups -OCH3 is 1. The van der Waals surface area contributed by atoms with Crippen LogP contribution >= 0.6 is 0 Å². The minimum absolute atomic E-state index is 0.0485. The van der Waals surface area contributed by atoms with E-state index in [1.165, 1.54) is 0 Å². The Labute approximate surface area is 156 Å². The zero-order valence-electron chi connectivity index (χ0n) is 15.0. The number of carbonyl (C=O) groups excluding carboxylic acids is 1. The monoisotopic (exact) mass is 361 g/mol. The Bertz CT molecular complexity index is 1020. The summed E-state index contributed by atoms with van der Waals surface area (Å²) in [5.74, 6) is 0.833. The van der Waals surface area contributed by atoms with Gasteiger partial charge in [-0.25, -0.2) is 0 Å². The van der Waals surface area contributed by atoms with Crippen LogP contribution in [0.25, 0.3) is 10.9 Å². The summed E-state index contributed by atoms with van der Waals surface area (Å²) < 4.78 is 5.30. The second kappa shape index (κ2) is 7.09. The van der Waals surface area contributed by atoms with Crippen LogP contribution in [-0.2, 0) is 11.3 Å². The quantitative estimate of drug-likeness (QED) is 0.771. The number of nitrogens with zero attached hydrogens (tertiary/aromatic N) is 4. The molecule has 2 heterocycles. The molecule has 1 aliphatic heterocycles. The predicted octanol–water partition coefficient (Wildman–Crippen LogP) is 2.29. The maximum Gasteiger partial charge on any atom is 0.241 e. The van der Waals surface area contributed by atoms with E-state index in [2.05, 4.69) is 21.2 Å². The molecule has 1 amide bonds. The van der Waals surface area contributed by atoms with Crippen LogP contribution in [0.1, 0.15) is 11.3 Å². The van der Waals surface area contributed by atoms with Gasteiger partial charge in [0.1, 0.15) is 5.75 Å². The molecule has 0 bridgehead atoms. The molecule has 2 aromatic carbocycles. The average molecular weight is 361 g/mol. The topological polar surface area (TPSA) is 85.2 Å². The third kappa shape index (κ3) is 3.35. The van der Waals surface area contributed by atoms with E-state index in [1.807, 2.05) is 30.3 Å². The summed E-state index contributed by atoms with van der Waals surface area (Å²) in [5, 5.41) is 17.3. The summed E-state index contributed by atoms with van der Waals surface area (Å²) in [6.45, 7) is 2.33. The van der Waals surface area contributed by atoms with E-state index in [4.69, 9.17) is 10.00 Å². The van der Waals surface area contributed by atoms with Crippen LogP contribution in [-0.4, -0.2) is 47.7 Å². The molecular weight excluding hydrogens is 342 g/mol. The Hall–Kier alpha value is -3.37. The first kappa shape index (κ1) is 17.1. The van der Waals surface area contributed by atoms with Gasteiger partial charge in [0.2, 0.25) is 5.91 Å². The number of nitrogens with one attached hydrogen (secondary N) is 1. The van der Waals surface area contributed by atoms with Crippen molar-refractivity contribution in [1.29, 1.82) is 5.26 Å². The molecule has 136 valence electrons. The number of hydrogen-bond acceptors (Lipinski definition) is 5. The summed E-state index contributed by atoms with van der Waals surface area (Å²) in [7, 11) is 1.64. The molecule has 0 unspecified atom stereocenters. The third-order valence-corrected chi connectivity index (χ3v) is 4.83. The number of aromatic nitrogens is 2. The normalized spacial score (nSPS) is 15.1. The Morgan fingerprint density at radius 1 is 1.22 bits per heavy atom. The molecule has 1 N–H and O–H groups in total. The zero-order valence-corrected chi connectivity index (χ0v) is 15.0. The Kier molecular flexibility index (Phi) is 4.48. The highest BCUT2D eigenvalue weighted by atomic mass is 16.5. The smallest absolute Gasteiger partial charge is 0.241 e. The van der Waals surface area contributed by atoms with Gasteiger partial charge in [0.25, 0.3) is 0 Å². The van der Waals surface area contributed by atoms with E-state index in [0.29, 0.717) is 25.2 Å². The lowest BCUT2D eigenvalue weighted by molar-refractivity contribution is -0.121. The number of ether oxygens (including phenoxy) is 1. The van der Waals surface area contributed by atoms with E-state index in [1.54, 1.807) is 24.1 Å². The number of anilines is 1. The highest BCUT2D eigenvalue weighted by Gasteiger charge is 2.25. The van der Waals surface area contributed by atoms with Gasteiger partial charge in [0.05, 0.1) is 36.5 Å². The van der Waals surface area contributed by atoms with Crippen molar-refractivity contribution in [3.05, 3.63) is 53.7 Å². The van der Waals surface area contributed by atoms with Crippen LogP contribution in [0.4, 0.5) is 5.69 Å². The summed E-state index contributed by atoms with van der Waals surface area (Å²) in [6.07, 6.45) is 0. The van der Waals surface area contributed by atoms with Crippen LogP contribution in [0.3, 0.4) is 0 Å². The van der Waals surface area contributed by atoms with Crippen LogP contribution < -0.4 is 9.64 Å². The Morgan fingerprint density at radius 2 is 2.04 bits per heavy atom. The van der Waals surface area contributed by atoms with Crippen molar-refractivity contribution in [3.8, 4) is 11.8 Å². The molecule has 1 saturated heterocycles. The molecule has 3 aromatic rings. The molecule has 7 heteroatoms. The van der Waals surface area contributed by atoms with Crippen molar-refractivity contribution in [2.24, 2.45) is 0 Å². The number of benzene rings is 2. The average Bonchev–Trinajstić information content (AvgIpc) is 3.10. The van der Waals surface area contributed by atoms with Crippen LogP contribution in [0.15, 0.2) is 42.5 Å². The van der Waals surface area contributed by atoms with Crippen molar-refractivity contribution in [1.82, 2.24) is 15.1 Å². The fourth-order valence-corrected chi connectivity index (χ4v) is 3.36. The summed E-state index contributed by atoms with van der Waals surface area (Å²) in [5.41, 5.74) is 3.28. The molecule has 0 spiro atoms. The van der Waals surface area contributed by atoms with Crippen molar-refractivity contribution >= 4 is 22.5 Å². The standard InChI is InChI=1S/C20H19N5O2/c1-27-16-6-7-18-17(10-16)19(23-22-18)12-24-8-9-25(20(26)13-24)15-4-2-14(11-21)3-5-15/h2-7,10H,8-9,12-13H2,1H3,(H,22,23). The fraction of sp³-hybridized carbons (Fsp3) is 0.250. The van der Waals surface area contributed by atoms with E-state index >= 15 is 0 Å². The molecule has 0 atom stereocenters. The molecule has 0 radical (unpaired) electrons. The van der Waals surface area contributed by atoms with Gasteiger partial charge in [0.15, 0.2) is 0 Å². The maximum atomic E-state index is 12.6. The molecule has 7 nitrogen and oxygen atoms in total. The van der Waals surface area contributed by atoms with Gasteiger partial charge in [-0.3, -0.25) is 14.8 Å². The number of nitriles is 1. The van der Waals surface area contributed by atoms with Gasteiger partial charge in [-0.1, -0.05) is 0 Å². The van der Waals surface area contributed by atoms with Gasteiger partial charge >= 0.3 is 0 Å². The van der Waals surface area contributed by atoms with E-state index in [0.717, 1.165) is 34.6 Å². The SMILES string of the molecule is COc1ccc2n[nH]c(CN3CCN(c4ccc(C#N)cc4)C(=O)C3)c2c1. The molecule has 0 aliphatic carbocycles. The lowest BCUT2D eigenvalue weighted by atomic mass is 10.1. The number of fused-ring (bicyclic) bond motifs is 1. The molecule has 27 heavy (non-hydrogen) atoms.